The van der Waals surface area contributed by atoms with Crippen LogP contribution in [0.5, 0.6) is 0 Å². The van der Waals surface area contributed by atoms with Gasteiger partial charge in [-0.05, 0) is 42.7 Å². The molecule has 0 radical (unpaired) electrons. The Morgan fingerprint density at radius 2 is 1.58 bits per heavy atom. The summed E-state index contributed by atoms with van der Waals surface area (Å²) in [5, 5.41) is 6.28. The molecule has 0 aliphatic heterocycles. The minimum Gasteiger partial charge on any atom is -0.356 e. The fraction of sp³-hybridized carbons (Fsp3) is 0.263. The summed E-state index contributed by atoms with van der Waals surface area (Å²) in [4.78, 5) is 23.6. The number of hydrogen-bond donors (Lipinski definition) is 2. The molecular weight excluding hydrogens is 324 g/mol. The Bertz CT molecular complexity index is 657. The summed E-state index contributed by atoms with van der Waals surface area (Å²) in [7, 11) is 0. The topological polar surface area (TPSA) is 58.2 Å². The van der Waals surface area contributed by atoms with Crippen LogP contribution < -0.4 is 10.6 Å². The summed E-state index contributed by atoms with van der Waals surface area (Å²) in [6, 6.07) is 16.7. The van der Waals surface area contributed by atoms with E-state index in [0.717, 1.165) is 6.42 Å². The molecule has 0 atom stereocenters. The Morgan fingerprint density at radius 1 is 0.875 bits per heavy atom. The lowest BCUT2D eigenvalue weighted by molar-refractivity contribution is -0.121. The fourth-order valence-electron chi connectivity index (χ4n) is 2.23. The molecule has 0 heterocycles. The van der Waals surface area contributed by atoms with Gasteiger partial charge in [0, 0.05) is 30.1 Å². The molecule has 0 saturated carbocycles. The Hall–Kier alpha value is -2.33. The van der Waals surface area contributed by atoms with Crippen LogP contribution in [0.1, 0.15) is 28.8 Å². The van der Waals surface area contributed by atoms with Crippen molar-refractivity contribution in [3.63, 3.8) is 0 Å². The predicted molar refractivity (Wildman–Crippen MR) is 96.2 cm³/mol. The molecule has 2 aromatic rings. The third-order valence-electron chi connectivity index (χ3n) is 3.55. The fourth-order valence-corrected chi connectivity index (χ4v) is 2.36. The minimum absolute atomic E-state index is 0.00618. The van der Waals surface area contributed by atoms with Crippen LogP contribution in [-0.4, -0.2) is 24.9 Å². The van der Waals surface area contributed by atoms with Gasteiger partial charge in [-0.3, -0.25) is 9.59 Å². The number of rotatable bonds is 8. The maximum Gasteiger partial charge on any atom is 0.251 e. The van der Waals surface area contributed by atoms with Crippen molar-refractivity contribution in [1.29, 1.82) is 0 Å². The number of hydrogen-bond acceptors (Lipinski definition) is 2. The number of benzene rings is 2. The monoisotopic (exact) mass is 344 g/mol. The van der Waals surface area contributed by atoms with E-state index in [-0.39, 0.29) is 11.8 Å². The average Bonchev–Trinajstić information content (AvgIpc) is 2.60. The van der Waals surface area contributed by atoms with Gasteiger partial charge in [-0.15, -0.1) is 0 Å². The van der Waals surface area contributed by atoms with Crippen molar-refractivity contribution in [1.82, 2.24) is 10.6 Å². The number of carbonyl (C=O) groups is 2. The number of halogens is 1. The average molecular weight is 345 g/mol. The van der Waals surface area contributed by atoms with Gasteiger partial charge in [0.1, 0.15) is 0 Å². The zero-order valence-corrected chi connectivity index (χ0v) is 14.2. The molecular formula is C19H21ClN2O2. The van der Waals surface area contributed by atoms with Gasteiger partial charge < -0.3 is 10.6 Å². The highest BCUT2D eigenvalue weighted by Crippen LogP contribution is 2.09. The molecule has 0 fully saturated rings. The van der Waals surface area contributed by atoms with Crippen molar-refractivity contribution in [2.24, 2.45) is 0 Å². The van der Waals surface area contributed by atoms with E-state index < -0.39 is 0 Å². The molecule has 2 rings (SSSR count). The van der Waals surface area contributed by atoms with E-state index in [2.05, 4.69) is 10.6 Å². The number of carbonyl (C=O) groups excluding carboxylic acids is 2. The molecule has 2 N–H and O–H groups in total. The van der Waals surface area contributed by atoms with E-state index >= 15 is 0 Å². The van der Waals surface area contributed by atoms with Gasteiger partial charge in [0.15, 0.2) is 0 Å². The molecule has 0 aromatic heterocycles. The first-order chi connectivity index (χ1) is 11.6. The molecule has 0 unspecified atom stereocenters. The molecule has 0 aliphatic carbocycles. The molecule has 126 valence electrons. The normalized spacial score (nSPS) is 10.2. The van der Waals surface area contributed by atoms with Crippen LogP contribution in [-0.2, 0) is 11.2 Å². The van der Waals surface area contributed by atoms with E-state index in [0.29, 0.717) is 36.5 Å². The van der Waals surface area contributed by atoms with Crippen LogP contribution >= 0.6 is 11.6 Å². The standard InChI is InChI=1S/C19H21ClN2O2/c20-17-10-8-16(9-11-17)19(24)22-13-4-7-18(23)21-14-12-15-5-2-1-3-6-15/h1-3,5-6,8-11H,4,7,12-14H2,(H,21,23)(H,22,24). The van der Waals surface area contributed by atoms with Gasteiger partial charge in [-0.2, -0.15) is 0 Å². The van der Waals surface area contributed by atoms with Crippen LogP contribution in [0.2, 0.25) is 5.02 Å². The number of amides is 2. The van der Waals surface area contributed by atoms with Gasteiger partial charge in [-0.25, -0.2) is 0 Å². The Morgan fingerprint density at radius 3 is 2.29 bits per heavy atom. The number of nitrogens with one attached hydrogen (secondary N) is 2. The lowest BCUT2D eigenvalue weighted by atomic mass is 10.1. The van der Waals surface area contributed by atoms with Gasteiger partial charge in [0.2, 0.25) is 5.91 Å². The summed E-state index contributed by atoms with van der Waals surface area (Å²) in [5.41, 5.74) is 1.76. The summed E-state index contributed by atoms with van der Waals surface area (Å²) in [5.74, 6) is -0.150. The molecule has 0 saturated heterocycles. The highest BCUT2D eigenvalue weighted by Gasteiger charge is 2.05. The smallest absolute Gasteiger partial charge is 0.251 e. The van der Waals surface area contributed by atoms with Gasteiger partial charge >= 0.3 is 0 Å². The summed E-state index contributed by atoms with van der Waals surface area (Å²) in [6.07, 6.45) is 1.83. The van der Waals surface area contributed by atoms with Gasteiger partial charge in [-0.1, -0.05) is 41.9 Å². The van der Waals surface area contributed by atoms with E-state index in [1.54, 1.807) is 24.3 Å². The van der Waals surface area contributed by atoms with Gasteiger partial charge in [0.25, 0.3) is 5.91 Å². The summed E-state index contributed by atoms with van der Waals surface area (Å²) in [6.45, 7) is 1.09. The summed E-state index contributed by atoms with van der Waals surface area (Å²) < 4.78 is 0. The SMILES string of the molecule is O=C(CCCNC(=O)c1ccc(Cl)cc1)NCCc1ccccc1. The molecule has 0 aliphatic rings. The van der Waals surface area contributed by atoms with Crippen molar-refractivity contribution in [2.75, 3.05) is 13.1 Å². The molecule has 0 bridgehead atoms. The molecule has 0 spiro atoms. The lowest BCUT2D eigenvalue weighted by Crippen LogP contribution is -2.28. The maximum atomic E-state index is 11.9. The van der Waals surface area contributed by atoms with E-state index in [1.165, 1.54) is 5.56 Å². The second kappa shape index (κ2) is 9.73. The highest BCUT2D eigenvalue weighted by atomic mass is 35.5. The molecule has 2 aromatic carbocycles. The molecule has 5 heteroatoms. The van der Waals surface area contributed by atoms with Crippen LogP contribution in [0.25, 0.3) is 0 Å². The third kappa shape index (κ3) is 6.42. The molecule has 4 nitrogen and oxygen atoms in total. The Labute approximate surface area is 147 Å². The van der Waals surface area contributed by atoms with E-state index in [9.17, 15) is 9.59 Å². The van der Waals surface area contributed by atoms with E-state index in [4.69, 9.17) is 11.6 Å². The summed E-state index contributed by atoms with van der Waals surface area (Å²) >= 11 is 5.78. The van der Waals surface area contributed by atoms with Crippen molar-refractivity contribution in [3.05, 3.63) is 70.7 Å². The van der Waals surface area contributed by atoms with Crippen molar-refractivity contribution in [2.45, 2.75) is 19.3 Å². The van der Waals surface area contributed by atoms with Crippen LogP contribution in [0.15, 0.2) is 54.6 Å². The van der Waals surface area contributed by atoms with Crippen LogP contribution in [0.3, 0.4) is 0 Å². The van der Waals surface area contributed by atoms with Crippen LogP contribution in [0.4, 0.5) is 0 Å². The zero-order chi connectivity index (χ0) is 17.2. The van der Waals surface area contributed by atoms with Crippen LogP contribution in [0, 0.1) is 0 Å². The first kappa shape index (κ1) is 18.0. The second-order valence-corrected chi connectivity index (χ2v) is 5.89. The molecule has 24 heavy (non-hydrogen) atoms. The highest BCUT2D eigenvalue weighted by molar-refractivity contribution is 6.30. The van der Waals surface area contributed by atoms with Crippen molar-refractivity contribution < 1.29 is 9.59 Å². The van der Waals surface area contributed by atoms with E-state index in [1.807, 2.05) is 30.3 Å². The molecule has 2 amide bonds. The predicted octanol–water partition coefficient (Wildman–Crippen LogP) is 3.21. The third-order valence-corrected chi connectivity index (χ3v) is 3.80. The first-order valence-corrected chi connectivity index (χ1v) is 8.37. The second-order valence-electron chi connectivity index (χ2n) is 5.45. The maximum absolute atomic E-state index is 11.9. The largest absolute Gasteiger partial charge is 0.356 e. The first-order valence-electron chi connectivity index (χ1n) is 7.99. The quantitative estimate of drug-likeness (QED) is 0.722. The Kier molecular flexibility index (Phi) is 7.30. The minimum atomic E-state index is -0.156. The lowest BCUT2D eigenvalue weighted by Gasteiger charge is -2.07. The van der Waals surface area contributed by atoms with Gasteiger partial charge in [0.05, 0.1) is 0 Å². The zero-order valence-electron chi connectivity index (χ0n) is 13.4. The Balaban J connectivity index is 1.57. The van der Waals surface area contributed by atoms with Crippen molar-refractivity contribution in [3.8, 4) is 0 Å². The van der Waals surface area contributed by atoms with Crippen molar-refractivity contribution >= 4 is 23.4 Å².